The molecule has 0 amide bonds. The maximum Gasteiger partial charge on any atom is 0.157 e. The Hall–Kier alpha value is -2.93. The first kappa shape index (κ1) is 15.6. The number of hydrogen-bond acceptors (Lipinski definition) is 6. The molecule has 1 fully saturated rings. The molecule has 3 heterocycles. The normalized spacial score (nSPS) is 20.0. The second kappa shape index (κ2) is 6.90. The lowest BCUT2D eigenvalue weighted by Crippen LogP contribution is -2.29. The summed E-state index contributed by atoms with van der Waals surface area (Å²) in [5, 5.41) is 14.6. The van der Waals surface area contributed by atoms with E-state index in [0.717, 1.165) is 5.82 Å². The molecule has 4 rings (SSSR count). The van der Waals surface area contributed by atoms with Crippen LogP contribution in [0.3, 0.4) is 0 Å². The molecule has 7 nitrogen and oxygen atoms in total. The van der Waals surface area contributed by atoms with Gasteiger partial charge in [-0.3, -0.25) is 9.67 Å². The van der Waals surface area contributed by atoms with E-state index < -0.39 is 6.10 Å². The predicted octanol–water partition coefficient (Wildman–Crippen LogP) is 1.35. The molecule has 0 aliphatic carbocycles. The van der Waals surface area contributed by atoms with Gasteiger partial charge in [0.05, 0.1) is 31.7 Å². The van der Waals surface area contributed by atoms with Gasteiger partial charge in [0, 0.05) is 18.9 Å². The number of benzene rings is 1. The molecule has 1 aliphatic heterocycles. The first-order chi connectivity index (χ1) is 12.3. The highest BCUT2D eigenvalue weighted by molar-refractivity contribution is 5.38. The van der Waals surface area contributed by atoms with Crippen LogP contribution in [0.4, 0.5) is 5.82 Å². The zero-order chi connectivity index (χ0) is 17.1. The van der Waals surface area contributed by atoms with Crippen LogP contribution in [0, 0.1) is 0 Å². The van der Waals surface area contributed by atoms with E-state index in [-0.39, 0.29) is 6.10 Å². The summed E-state index contributed by atoms with van der Waals surface area (Å²) >= 11 is 0. The van der Waals surface area contributed by atoms with Gasteiger partial charge in [0.1, 0.15) is 18.0 Å². The van der Waals surface area contributed by atoms with E-state index in [0.29, 0.717) is 25.4 Å². The fourth-order valence-corrected chi connectivity index (χ4v) is 2.95. The summed E-state index contributed by atoms with van der Waals surface area (Å²) in [7, 11) is 0. The molecule has 1 N–H and O–H groups in total. The standard InChI is InChI=1S/C18H19N5O2/c24-16-12-22(18-9-19-6-7-20-18)13-17(16)25-15-8-21-23(11-15)10-14-4-2-1-3-5-14/h1-9,11,16-17,24H,10,12-13H2/t16-,17-/m1/s1. The van der Waals surface area contributed by atoms with E-state index in [4.69, 9.17) is 4.74 Å². The molecule has 0 unspecified atom stereocenters. The number of ether oxygens (including phenoxy) is 1. The second-order valence-electron chi connectivity index (χ2n) is 6.05. The van der Waals surface area contributed by atoms with Crippen LogP contribution in [-0.4, -0.2) is 50.2 Å². The third-order valence-corrected chi connectivity index (χ3v) is 4.19. The van der Waals surface area contributed by atoms with E-state index in [1.165, 1.54) is 5.56 Å². The molecule has 1 saturated heterocycles. The van der Waals surface area contributed by atoms with Crippen LogP contribution in [-0.2, 0) is 6.54 Å². The van der Waals surface area contributed by atoms with Gasteiger partial charge in [0.15, 0.2) is 5.75 Å². The largest absolute Gasteiger partial charge is 0.482 e. The minimum Gasteiger partial charge on any atom is -0.482 e. The number of nitrogens with zero attached hydrogens (tertiary/aromatic N) is 5. The fraction of sp³-hybridized carbons (Fsp3) is 0.278. The van der Waals surface area contributed by atoms with Crippen molar-refractivity contribution in [2.45, 2.75) is 18.8 Å². The zero-order valence-corrected chi connectivity index (χ0v) is 13.6. The minimum absolute atomic E-state index is 0.323. The Kier molecular flexibility index (Phi) is 4.30. The number of aliphatic hydroxyl groups is 1. The van der Waals surface area contributed by atoms with Crippen molar-refractivity contribution in [3.8, 4) is 5.75 Å². The number of anilines is 1. The summed E-state index contributed by atoms with van der Waals surface area (Å²) in [5.74, 6) is 1.40. The van der Waals surface area contributed by atoms with E-state index in [2.05, 4.69) is 27.2 Å². The van der Waals surface area contributed by atoms with Gasteiger partial charge in [0.2, 0.25) is 0 Å². The van der Waals surface area contributed by atoms with Crippen LogP contribution in [0.5, 0.6) is 5.75 Å². The number of hydrogen-bond donors (Lipinski definition) is 1. The number of aliphatic hydroxyl groups excluding tert-OH is 1. The Balaban J connectivity index is 1.39. The molecule has 0 saturated carbocycles. The molecular weight excluding hydrogens is 318 g/mol. The van der Waals surface area contributed by atoms with Crippen LogP contribution in [0.2, 0.25) is 0 Å². The monoisotopic (exact) mass is 337 g/mol. The summed E-state index contributed by atoms with van der Waals surface area (Å²) in [6, 6.07) is 10.1. The molecule has 2 atom stereocenters. The van der Waals surface area contributed by atoms with Crippen molar-refractivity contribution in [3.05, 3.63) is 66.9 Å². The quantitative estimate of drug-likeness (QED) is 0.757. The maximum atomic E-state index is 10.3. The molecular formula is C18H19N5O2. The summed E-state index contributed by atoms with van der Waals surface area (Å²) in [6.45, 7) is 1.72. The molecule has 1 aliphatic rings. The highest BCUT2D eigenvalue weighted by atomic mass is 16.5. The third-order valence-electron chi connectivity index (χ3n) is 4.19. The average Bonchev–Trinajstić information content (AvgIpc) is 3.24. The first-order valence-electron chi connectivity index (χ1n) is 8.20. The number of rotatable bonds is 5. The lowest BCUT2D eigenvalue weighted by atomic mass is 10.2. The summed E-state index contributed by atoms with van der Waals surface area (Å²) in [5.41, 5.74) is 1.17. The summed E-state index contributed by atoms with van der Waals surface area (Å²) < 4.78 is 7.76. The van der Waals surface area contributed by atoms with Gasteiger partial charge in [-0.1, -0.05) is 30.3 Å². The molecule has 2 aromatic heterocycles. The molecule has 0 radical (unpaired) electrons. The molecule has 1 aromatic carbocycles. The second-order valence-corrected chi connectivity index (χ2v) is 6.05. The Bertz CT molecular complexity index is 809. The zero-order valence-electron chi connectivity index (χ0n) is 13.6. The van der Waals surface area contributed by atoms with E-state index in [1.807, 2.05) is 34.0 Å². The summed E-state index contributed by atoms with van der Waals surface area (Å²) in [6.07, 6.45) is 7.59. The Morgan fingerprint density at radius 1 is 1.12 bits per heavy atom. The van der Waals surface area contributed by atoms with Gasteiger partial charge >= 0.3 is 0 Å². The van der Waals surface area contributed by atoms with Gasteiger partial charge in [0.25, 0.3) is 0 Å². The van der Waals surface area contributed by atoms with Crippen LogP contribution >= 0.6 is 0 Å². The van der Waals surface area contributed by atoms with Gasteiger partial charge in [-0.2, -0.15) is 5.10 Å². The third kappa shape index (κ3) is 3.61. The highest BCUT2D eigenvalue weighted by Crippen LogP contribution is 2.22. The lowest BCUT2D eigenvalue weighted by molar-refractivity contribution is 0.0737. The summed E-state index contributed by atoms with van der Waals surface area (Å²) in [4.78, 5) is 10.3. The lowest BCUT2D eigenvalue weighted by Gasteiger charge is -2.16. The molecule has 0 spiro atoms. The smallest absolute Gasteiger partial charge is 0.157 e. The van der Waals surface area contributed by atoms with E-state index in [9.17, 15) is 5.11 Å². The van der Waals surface area contributed by atoms with Gasteiger partial charge in [-0.25, -0.2) is 4.98 Å². The van der Waals surface area contributed by atoms with Crippen molar-refractivity contribution in [1.82, 2.24) is 19.7 Å². The van der Waals surface area contributed by atoms with Crippen LogP contribution < -0.4 is 9.64 Å². The van der Waals surface area contributed by atoms with Gasteiger partial charge < -0.3 is 14.7 Å². The highest BCUT2D eigenvalue weighted by Gasteiger charge is 2.34. The molecule has 25 heavy (non-hydrogen) atoms. The van der Waals surface area contributed by atoms with Crippen molar-refractivity contribution in [2.24, 2.45) is 0 Å². The molecule has 0 bridgehead atoms. The van der Waals surface area contributed by atoms with Crippen molar-refractivity contribution in [1.29, 1.82) is 0 Å². The van der Waals surface area contributed by atoms with Crippen molar-refractivity contribution >= 4 is 5.82 Å². The number of β-amino-alcohol motifs (C(OH)–C–C–N with tert-alkyl or cyclic N) is 1. The maximum absolute atomic E-state index is 10.3. The Morgan fingerprint density at radius 2 is 2.00 bits per heavy atom. The van der Waals surface area contributed by atoms with Gasteiger partial charge in [-0.15, -0.1) is 0 Å². The Morgan fingerprint density at radius 3 is 2.80 bits per heavy atom. The topological polar surface area (TPSA) is 76.3 Å². The van der Waals surface area contributed by atoms with Crippen molar-refractivity contribution in [3.63, 3.8) is 0 Å². The Labute approximate surface area is 145 Å². The average molecular weight is 337 g/mol. The molecule has 128 valence electrons. The van der Waals surface area contributed by atoms with E-state index >= 15 is 0 Å². The van der Waals surface area contributed by atoms with Crippen molar-refractivity contribution in [2.75, 3.05) is 18.0 Å². The fourth-order valence-electron chi connectivity index (χ4n) is 2.95. The van der Waals surface area contributed by atoms with Crippen LogP contribution in [0.1, 0.15) is 5.56 Å². The minimum atomic E-state index is -0.584. The number of aromatic nitrogens is 4. The van der Waals surface area contributed by atoms with E-state index in [1.54, 1.807) is 24.8 Å². The predicted molar refractivity (Wildman–Crippen MR) is 92.4 cm³/mol. The van der Waals surface area contributed by atoms with Crippen LogP contribution in [0.25, 0.3) is 0 Å². The molecule has 3 aromatic rings. The van der Waals surface area contributed by atoms with Crippen molar-refractivity contribution < 1.29 is 9.84 Å². The van der Waals surface area contributed by atoms with Crippen LogP contribution in [0.15, 0.2) is 61.3 Å². The van der Waals surface area contributed by atoms with Gasteiger partial charge in [-0.05, 0) is 5.56 Å². The first-order valence-corrected chi connectivity index (χ1v) is 8.20. The molecule has 7 heteroatoms. The SMILES string of the molecule is O[C@@H]1CN(c2cnccn2)C[C@H]1Oc1cnn(Cc2ccccc2)c1.